The highest BCUT2D eigenvalue weighted by Crippen LogP contribution is 2.17. The molecule has 0 aliphatic carbocycles. The minimum atomic E-state index is -0.605. The zero-order valence-corrected chi connectivity index (χ0v) is 12.2. The molecule has 0 heterocycles. The van der Waals surface area contributed by atoms with Gasteiger partial charge in [-0.2, -0.15) is 0 Å². The smallest absolute Gasteiger partial charge is 0.282 e. The van der Waals surface area contributed by atoms with Crippen LogP contribution in [-0.2, 0) is 0 Å². The van der Waals surface area contributed by atoms with Crippen molar-refractivity contribution in [3.05, 3.63) is 94.2 Å². The Balaban J connectivity index is 1.96. The van der Waals surface area contributed by atoms with Crippen molar-refractivity contribution in [2.45, 2.75) is 0 Å². The SMILES string of the molecule is C=C(C=Cc1ccccc1)NNC(=O)c1ccccc1[N+](=O)[O-]. The third-order valence-corrected chi connectivity index (χ3v) is 2.96. The summed E-state index contributed by atoms with van der Waals surface area (Å²) in [5, 5.41) is 10.9. The number of hydrazine groups is 1. The molecule has 6 nitrogen and oxygen atoms in total. The maximum absolute atomic E-state index is 12.0. The lowest BCUT2D eigenvalue weighted by atomic mass is 10.2. The number of para-hydroxylation sites is 1. The second-order valence-electron chi connectivity index (χ2n) is 4.62. The summed E-state index contributed by atoms with van der Waals surface area (Å²) in [5.41, 5.74) is 6.16. The van der Waals surface area contributed by atoms with Gasteiger partial charge in [0.15, 0.2) is 0 Å². The molecular weight excluding hydrogens is 294 g/mol. The molecule has 0 aliphatic rings. The minimum absolute atomic E-state index is 0.0233. The summed E-state index contributed by atoms with van der Waals surface area (Å²) >= 11 is 0. The van der Waals surface area contributed by atoms with Gasteiger partial charge in [0.25, 0.3) is 11.6 Å². The van der Waals surface area contributed by atoms with Gasteiger partial charge < -0.3 is 0 Å². The lowest BCUT2D eigenvalue weighted by Crippen LogP contribution is -2.36. The second kappa shape index (κ2) is 7.56. The second-order valence-corrected chi connectivity index (χ2v) is 4.62. The Morgan fingerprint density at radius 1 is 1.04 bits per heavy atom. The van der Waals surface area contributed by atoms with Gasteiger partial charge in [0.2, 0.25) is 0 Å². The van der Waals surface area contributed by atoms with Crippen LogP contribution in [0.25, 0.3) is 6.08 Å². The maximum Gasteiger partial charge on any atom is 0.282 e. The van der Waals surface area contributed by atoms with Crippen LogP contribution in [-0.4, -0.2) is 10.8 Å². The molecule has 0 bridgehead atoms. The van der Waals surface area contributed by atoms with E-state index in [0.717, 1.165) is 5.56 Å². The van der Waals surface area contributed by atoms with E-state index in [1.165, 1.54) is 18.2 Å². The highest BCUT2D eigenvalue weighted by molar-refractivity contribution is 5.97. The molecule has 6 heteroatoms. The molecule has 2 aromatic carbocycles. The number of hydrogen-bond acceptors (Lipinski definition) is 4. The van der Waals surface area contributed by atoms with Gasteiger partial charge in [-0.05, 0) is 17.7 Å². The van der Waals surface area contributed by atoms with Crippen LogP contribution < -0.4 is 10.9 Å². The molecule has 2 N–H and O–H groups in total. The highest BCUT2D eigenvalue weighted by Gasteiger charge is 2.18. The molecule has 0 aromatic heterocycles. The fraction of sp³-hybridized carbons (Fsp3) is 0. The van der Waals surface area contributed by atoms with Crippen molar-refractivity contribution in [1.29, 1.82) is 0 Å². The minimum Gasteiger partial charge on any atom is -0.299 e. The molecule has 0 radical (unpaired) electrons. The Morgan fingerprint density at radius 3 is 2.39 bits per heavy atom. The Labute approximate surface area is 133 Å². The molecule has 0 saturated heterocycles. The number of amides is 1. The summed E-state index contributed by atoms with van der Waals surface area (Å²) in [6, 6.07) is 15.3. The van der Waals surface area contributed by atoms with E-state index >= 15 is 0 Å². The number of hydrogen-bond donors (Lipinski definition) is 2. The molecular formula is C17H15N3O3. The molecule has 0 atom stereocenters. The highest BCUT2D eigenvalue weighted by atomic mass is 16.6. The van der Waals surface area contributed by atoms with Gasteiger partial charge in [0.05, 0.1) is 4.92 Å². The van der Waals surface area contributed by atoms with Crippen molar-refractivity contribution in [3.63, 3.8) is 0 Å². The van der Waals surface area contributed by atoms with E-state index in [4.69, 9.17) is 0 Å². The Kier molecular flexibility index (Phi) is 5.25. The van der Waals surface area contributed by atoms with E-state index in [1.54, 1.807) is 12.1 Å². The van der Waals surface area contributed by atoms with Gasteiger partial charge in [0, 0.05) is 11.8 Å². The van der Waals surface area contributed by atoms with Crippen LogP contribution in [0.4, 0.5) is 5.69 Å². The third-order valence-electron chi connectivity index (χ3n) is 2.96. The van der Waals surface area contributed by atoms with Crippen LogP contribution in [0.3, 0.4) is 0 Å². The number of rotatable bonds is 6. The number of nitrogens with zero attached hydrogens (tertiary/aromatic N) is 1. The van der Waals surface area contributed by atoms with Crippen molar-refractivity contribution >= 4 is 17.7 Å². The van der Waals surface area contributed by atoms with E-state index < -0.39 is 10.8 Å². The zero-order valence-electron chi connectivity index (χ0n) is 12.2. The van der Waals surface area contributed by atoms with Crippen molar-refractivity contribution in [3.8, 4) is 0 Å². The summed E-state index contributed by atoms with van der Waals surface area (Å²) in [5.74, 6) is -0.605. The predicted octanol–water partition coefficient (Wildman–Crippen LogP) is 3.06. The Hall–Kier alpha value is -3.41. The molecule has 2 rings (SSSR count). The number of benzene rings is 2. The van der Waals surface area contributed by atoms with E-state index in [9.17, 15) is 14.9 Å². The predicted molar refractivity (Wildman–Crippen MR) is 88.3 cm³/mol. The van der Waals surface area contributed by atoms with Crippen LogP contribution in [0, 0.1) is 10.1 Å². The normalized spacial score (nSPS) is 10.3. The average molecular weight is 309 g/mol. The van der Waals surface area contributed by atoms with E-state index in [2.05, 4.69) is 17.4 Å². The first-order chi connectivity index (χ1) is 11.1. The van der Waals surface area contributed by atoms with Crippen molar-refractivity contribution in [2.75, 3.05) is 0 Å². The van der Waals surface area contributed by atoms with E-state index in [0.29, 0.717) is 5.70 Å². The van der Waals surface area contributed by atoms with E-state index in [1.807, 2.05) is 36.4 Å². The van der Waals surface area contributed by atoms with Gasteiger partial charge in [0.1, 0.15) is 5.56 Å². The summed E-state index contributed by atoms with van der Waals surface area (Å²) in [6.07, 6.45) is 3.52. The number of nitro groups is 1. The molecule has 116 valence electrons. The first-order valence-electron chi connectivity index (χ1n) is 6.80. The summed E-state index contributed by atoms with van der Waals surface area (Å²) in [4.78, 5) is 22.3. The van der Waals surface area contributed by atoms with Crippen LogP contribution >= 0.6 is 0 Å². The van der Waals surface area contributed by atoms with Crippen molar-refractivity contribution < 1.29 is 9.72 Å². The standard InChI is InChI=1S/C17H15N3O3/c1-13(11-12-14-7-3-2-4-8-14)18-19-17(21)15-9-5-6-10-16(15)20(22)23/h2-12,18H,1H2,(H,19,21). The molecule has 0 unspecified atom stereocenters. The third kappa shape index (κ3) is 4.53. The van der Waals surface area contributed by atoms with Gasteiger partial charge in [-0.1, -0.05) is 55.1 Å². The molecule has 1 amide bonds. The molecule has 0 saturated carbocycles. The number of nitrogens with one attached hydrogen (secondary N) is 2. The Morgan fingerprint density at radius 2 is 1.70 bits per heavy atom. The molecule has 23 heavy (non-hydrogen) atoms. The molecule has 0 spiro atoms. The van der Waals surface area contributed by atoms with Gasteiger partial charge in [-0.25, -0.2) is 0 Å². The summed E-state index contributed by atoms with van der Waals surface area (Å²) in [7, 11) is 0. The molecule has 0 fully saturated rings. The van der Waals surface area contributed by atoms with Gasteiger partial charge >= 0.3 is 0 Å². The first kappa shape index (κ1) is 16.0. The van der Waals surface area contributed by atoms with E-state index in [-0.39, 0.29) is 11.3 Å². The largest absolute Gasteiger partial charge is 0.299 e. The van der Waals surface area contributed by atoms with Gasteiger partial charge in [-0.15, -0.1) is 0 Å². The molecule has 2 aromatic rings. The Bertz CT molecular complexity index is 755. The van der Waals surface area contributed by atoms with Crippen molar-refractivity contribution in [1.82, 2.24) is 10.9 Å². The monoisotopic (exact) mass is 309 g/mol. The maximum atomic E-state index is 12.0. The number of carbonyl (C=O) groups excluding carboxylic acids is 1. The number of nitro benzene ring substituents is 1. The van der Waals surface area contributed by atoms with Crippen LogP contribution in [0.2, 0.25) is 0 Å². The van der Waals surface area contributed by atoms with Crippen LogP contribution in [0.5, 0.6) is 0 Å². The summed E-state index contributed by atoms with van der Waals surface area (Å²) in [6.45, 7) is 3.75. The average Bonchev–Trinajstić information content (AvgIpc) is 2.58. The lowest BCUT2D eigenvalue weighted by molar-refractivity contribution is -0.385. The number of allylic oxidation sites excluding steroid dienone is 1. The van der Waals surface area contributed by atoms with Gasteiger partial charge in [-0.3, -0.25) is 25.8 Å². The van der Waals surface area contributed by atoms with Crippen molar-refractivity contribution in [2.24, 2.45) is 0 Å². The topological polar surface area (TPSA) is 84.3 Å². The number of carbonyl (C=O) groups is 1. The van der Waals surface area contributed by atoms with Crippen LogP contribution in [0.1, 0.15) is 15.9 Å². The quantitative estimate of drug-likeness (QED) is 0.488. The fourth-order valence-corrected chi connectivity index (χ4v) is 1.83. The molecule has 0 aliphatic heterocycles. The fourth-order valence-electron chi connectivity index (χ4n) is 1.83. The lowest BCUT2D eigenvalue weighted by Gasteiger charge is -2.08. The first-order valence-corrected chi connectivity index (χ1v) is 6.80. The summed E-state index contributed by atoms with van der Waals surface area (Å²) < 4.78 is 0. The van der Waals surface area contributed by atoms with Crippen LogP contribution in [0.15, 0.2) is 72.9 Å². The zero-order chi connectivity index (χ0) is 16.7.